The van der Waals surface area contributed by atoms with Crippen LogP contribution in [0.4, 0.5) is 23.4 Å². The minimum Gasteiger partial charge on any atom is -0.442 e. The number of aryl methyl sites for hydroxylation is 4. The quantitative estimate of drug-likeness (QED) is 0.0452. The number of nitrogens with zero attached hydrogens (tertiary/aromatic N) is 12. The number of oxazole rings is 4. The van der Waals surface area contributed by atoms with Crippen LogP contribution in [0.3, 0.4) is 0 Å². The maximum absolute atomic E-state index is 8.70. The van der Waals surface area contributed by atoms with Gasteiger partial charge in [-0.3, -0.25) is 24.9 Å². The van der Waals surface area contributed by atoms with Crippen LogP contribution in [-0.2, 0) is 0 Å². The number of pyridine rings is 6. The molecule has 0 radical (unpaired) electrons. The molecule has 0 amide bonds. The van der Waals surface area contributed by atoms with Crippen LogP contribution in [0.2, 0.25) is 0 Å². The van der Waals surface area contributed by atoms with Gasteiger partial charge in [-0.1, -0.05) is 29.4 Å². The van der Waals surface area contributed by atoms with Crippen molar-refractivity contribution in [3.8, 4) is 51.9 Å². The third kappa shape index (κ3) is 13.8. The Bertz CT molecular complexity index is 3220. The molecule has 0 aliphatic heterocycles. The van der Waals surface area contributed by atoms with E-state index in [-0.39, 0.29) is 5.84 Å². The number of hydrogen-bond donors (Lipinski definition) is 4. The summed E-state index contributed by atoms with van der Waals surface area (Å²) in [7, 11) is 0. The summed E-state index contributed by atoms with van der Waals surface area (Å²) in [5.74, 6) is 2.47. The highest BCUT2D eigenvalue weighted by molar-refractivity contribution is 9.10. The van der Waals surface area contributed by atoms with E-state index in [0.717, 1.165) is 39.3 Å². The van der Waals surface area contributed by atoms with Crippen molar-refractivity contribution in [3.05, 3.63) is 180 Å². The van der Waals surface area contributed by atoms with E-state index in [4.69, 9.17) is 33.9 Å². The lowest BCUT2D eigenvalue weighted by Crippen LogP contribution is -2.14. The monoisotopic (exact) mass is 985 g/mol. The molecule has 0 atom stereocenters. The van der Waals surface area contributed by atoms with Gasteiger partial charge in [0.2, 0.25) is 0 Å². The molecular weight excluding hydrogens is 947 g/mol. The maximum atomic E-state index is 8.70. The summed E-state index contributed by atoms with van der Waals surface area (Å²) < 4.78 is 21.5. The Morgan fingerprint density at radius 3 is 1.36 bits per heavy atom. The minimum atomic E-state index is -0.0552. The number of amidine groups is 1. The first-order valence-corrected chi connectivity index (χ1v) is 21.3. The number of oxime groups is 1. The molecule has 20 nitrogen and oxygen atoms in total. The summed E-state index contributed by atoms with van der Waals surface area (Å²) in [6, 6.07) is 24.8. The number of halogens is 1. The summed E-state index contributed by atoms with van der Waals surface area (Å²) in [4.78, 5) is 41.5. The van der Waals surface area contributed by atoms with E-state index >= 15 is 0 Å². The van der Waals surface area contributed by atoms with Crippen molar-refractivity contribution in [3.63, 3.8) is 0 Å². The average molecular weight is 987 g/mol. The van der Waals surface area contributed by atoms with E-state index in [0.29, 0.717) is 68.3 Å². The van der Waals surface area contributed by atoms with Gasteiger partial charge in [0.25, 0.3) is 16.8 Å². The molecule has 0 aromatic carbocycles. The van der Waals surface area contributed by atoms with Gasteiger partial charge in [-0.05, 0) is 98.5 Å². The lowest BCUT2D eigenvalue weighted by molar-refractivity contribution is 0.318. The Morgan fingerprint density at radius 2 is 1.00 bits per heavy atom. The van der Waals surface area contributed by atoms with Crippen molar-refractivity contribution in [2.24, 2.45) is 10.9 Å². The van der Waals surface area contributed by atoms with Gasteiger partial charge >= 0.3 is 0 Å². The second-order valence-electron chi connectivity index (χ2n) is 14.5. The number of nitrogens with one attached hydrogen (secondary N) is 2. The van der Waals surface area contributed by atoms with Gasteiger partial charge in [0.1, 0.15) is 40.2 Å². The summed E-state index contributed by atoms with van der Waals surface area (Å²) in [6.07, 6.45) is 18.1. The van der Waals surface area contributed by atoms with Gasteiger partial charge in [0.15, 0.2) is 35.3 Å². The van der Waals surface area contributed by atoms with Crippen LogP contribution in [-0.4, -0.2) is 60.9 Å². The Morgan fingerprint density at radius 1 is 0.536 bits per heavy atom. The molecule has 0 fully saturated rings. The Labute approximate surface area is 402 Å². The summed E-state index contributed by atoms with van der Waals surface area (Å²) in [5, 5.41) is 26.1. The first-order chi connectivity index (χ1) is 33.5. The summed E-state index contributed by atoms with van der Waals surface area (Å²) in [6.45, 7) is 7.93. The van der Waals surface area contributed by atoms with E-state index < -0.39 is 0 Å². The number of hydrogen-bond acceptors (Lipinski definition) is 19. The number of aromatic nitrogens is 10. The minimum absolute atomic E-state index is 0.0552. The van der Waals surface area contributed by atoms with Gasteiger partial charge in [-0.15, -0.1) is 0 Å². The van der Waals surface area contributed by atoms with Gasteiger partial charge in [0.05, 0.1) is 48.6 Å². The van der Waals surface area contributed by atoms with Crippen molar-refractivity contribution in [2.45, 2.75) is 27.7 Å². The average Bonchev–Trinajstić information content (AvgIpc) is 4.24. The van der Waals surface area contributed by atoms with Gasteiger partial charge in [-0.25, -0.2) is 24.9 Å². The Balaban J connectivity index is 0.000000141. The molecule has 0 unspecified atom stereocenters. The lowest BCUT2D eigenvalue weighted by Gasteiger charge is -2.02. The smallest absolute Gasteiger partial charge is 0.299 e. The second kappa shape index (κ2) is 23.2. The zero-order valence-electron chi connectivity index (χ0n) is 37.2. The molecule has 21 heteroatoms. The van der Waals surface area contributed by atoms with Crippen molar-refractivity contribution in [1.29, 1.82) is 5.26 Å². The molecule has 10 heterocycles. The molecule has 0 saturated heterocycles. The van der Waals surface area contributed by atoms with Gasteiger partial charge in [-0.2, -0.15) is 5.26 Å². The van der Waals surface area contributed by atoms with Crippen molar-refractivity contribution in [2.75, 3.05) is 10.6 Å². The number of rotatable bonds is 9. The number of anilines is 4. The molecule has 5 N–H and O–H groups in total. The zero-order chi connectivity index (χ0) is 48.5. The van der Waals surface area contributed by atoms with Gasteiger partial charge in [0, 0.05) is 40.7 Å². The largest absolute Gasteiger partial charge is 0.442 e. The van der Waals surface area contributed by atoms with Crippen LogP contribution >= 0.6 is 15.9 Å². The molecule has 0 aliphatic rings. The predicted octanol–water partition coefficient (Wildman–Crippen LogP) is 10.2. The van der Waals surface area contributed by atoms with Gasteiger partial charge < -0.3 is 39.2 Å². The molecule has 0 bridgehead atoms. The third-order valence-electron chi connectivity index (χ3n) is 9.09. The third-order valence-corrected chi connectivity index (χ3v) is 9.46. The molecule has 0 spiro atoms. The fraction of sp³-hybridized carbons (Fsp3) is 0.0833. The van der Waals surface area contributed by atoms with E-state index in [2.05, 4.69) is 81.6 Å². The standard InChI is InChI=1S/C15H14N6O2.C15H11N5O.C9H7BrN2O.C9H8N2O/c1-9-2-4-11(17-6-9)13-8-19-15(23-13)20-10-3-5-12(18-7-10)14(16)21-22;1-10-2-5-13(18-7-10)14-9-19-15(21-14)20-12-4-3-11(6-16)17-8-12;1-6-2-3-7(11-4-6)8-5-12-9(10)13-8;1-7-2-3-8(11-4-7)9-5-10-6-12-9/h2-8,22H,1H3,(H2,16,21)(H,19,20);2-5,7-9H,1H3,(H,19,20);2-5H,1H3;2-6H,1H3. The lowest BCUT2D eigenvalue weighted by atomic mass is 10.2. The molecule has 0 aliphatic carbocycles. The van der Waals surface area contributed by atoms with Crippen LogP contribution < -0.4 is 16.4 Å². The van der Waals surface area contributed by atoms with Crippen molar-refractivity contribution < 1.29 is 22.9 Å². The van der Waals surface area contributed by atoms with Crippen LogP contribution in [0.15, 0.2) is 169 Å². The summed E-state index contributed by atoms with van der Waals surface area (Å²) in [5.41, 5.74) is 15.0. The van der Waals surface area contributed by atoms with Crippen LogP contribution in [0.5, 0.6) is 0 Å². The summed E-state index contributed by atoms with van der Waals surface area (Å²) >= 11 is 3.14. The molecule has 0 saturated carbocycles. The highest BCUT2D eigenvalue weighted by Gasteiger charge is 2.11. The van der Waals surface area contributed by atoms with E-state index in [1.54, 1.807) is 80.0 Å². The van der Waals surface area contributed by atoms with Crippen molar-refractivity contribution >= 4 is 45.2 Å². The second-order valence-corrected chi connectivity index (χ2v) is 15.2. The predicted molar refractivity (Wildman–Crippen MR) is 258 cm³/mol. The number of nitriles is 1. The molecule has 10 rings (SSSR count). The Kier molecular flexibility index (Phi) is 16.0. The highest BCUT2D eigenvalue weighted by atomic mass is 79.9. The molecule has 10 aromatic rings. The molecule has 10 aromatic heterocycles. The fourth-order valence-corrected chi connectivity index (χ4v) is 5.80. The highest BCUT2D eigenvalue weighted by Crippen LogP contribution is 2.25. The Hall–Kier alpha value is -9.42. The first-order valence-electron chi connectivity index (χ1n) is 20.5. The SMILES string of the molecule is Cc1ccc(-c2cnc(Br)o2)nc1.Cc1ccc(-c2cnc(Nc3ccc(/C(N)=N/O)nc3)o2)nc1.Cc1ccc(-c2cnc(Nc3ccc(C#N)nc3)o2)nc1.Cc1ccc(-c2cnco2)nc1. The van der Waals surface area contributed by atoms with Crippen LogP contribution in [0.25, 0.3) is 45.8 Å². The topological polar surface area (TPSA) is 288 Å². The molecule has 344 valence electrons. The van der Waals surface area contributed by atoms with E-state index in [1.807, 2.05) is 82.3 Å². The number of nitrogens with two attached hydrogens (primary N) is 1. The maximum Gasteiger partial charge on any atom is 0.299 e. The van der Waals surface area contributed by atoms with Crippen LogP contribution in [0, 0.1) is 39.0 Å². The zero-order valence-corrected chi connectivity index (χ0v) is 38.8. The molecular formula is C48H40BrN15O5. The first kappa shape index (κ1) is 47.5. The van der Waals surface area contributed by atoms with Crippen LogP contribution in [0.1, 0.15) is 33.6 Å². The molecule has 69 heavy (non-hydrogen) atoms. The fourth-order valence-electron chi connectivity index (χ4n) is 5.52. The normalized spacial score (nSPS) is 10.6. The van der Waals surface area contributed by atoms with E-state index in [9.17, 15) is 0 Å². The van der Waals surface area contributed by atoms with Crippen molar-refractivity contribution in [1.82, 2.24) is 49.8 Å². The van der Waals surface area contributed by atoms with E-state index in [1.165, 1.54) is 12.6 Å².